The fourth-order valence-electron chi connectivity index (χ4n) is 11.1. The van der Waals surface area contributed by atoms with Gasteiger partial charge in [0.05, 0.1) is 11.0 Å². The second kappa shape index (κ2) is 14.6. The van der Waals surface area contributed by atoms with Crippen molar-refractivity contribution in [1.82, 2.24) is 4.57 Å². The minimum absolute atomic E-state index is 0.152. The Morgan fingerprint density at radius 2 is 0.881 bits per heavy atom. The van der Waals surface area contributed by atoms with Crippen molar-refractivity contribution in [2.24, 2.45) is 0 Å². The van der Waals surface area contributed by atoms with E-state index in [-0.39, 0.29) is 5.41 Å². The van der Waals surface area contributed by atoms with Crippen molar-refractivity contribution in [2.45, 2.75) is 19.3 Å². The van der Waals surface area contributed by atoms with Crippen molar-refractivity contribution >= 4 is 102 Å². The van der Waals surface area contributed by atoms with Crippen LogP contribution < -0.4 is 4.90 Å². The highest BCUT2D eigenvalue weighted by Crippen LogP contribution is 2.52. The molecule has 1 aliphatic carbocycles. The minimum atomic E-state index is -0.152. The fraction of sp³-hybridized carbons (Fsp3) is 0.0476. The Labute approximate surface area is 396 Å². The van der Waals surface area contributed by atoms with Gasteiger partial charge in [0, 0.05) is 79.3 Å². The summed E-state index contributed by atoms with van der Waals surface area (Å²) in [7, 11) is 0. The highest BCUT2D eigenvalue weighted by molar-refractivity contribution is 7.26. The van der Waals surface area contributed by atoms with Gasteiger partial charge < -0.3 is 9.47 Å². The van der Waals surface area contributed by atoms with Crippen molar-refractivity contribution in [2.75, 3.05) is 4.90 Å². The first-order valence-electron chi connectivity index (χ1n) is 23.1. The zero-order valence-corrected chi connectivity index (χ0v) is 38.6. The van der Waals surface area contributed by atoms with Crippen LogP contribution in [0.15, 0.2) is 218 Å². The van der Waals surface area contributed by atoms with E-state index in [1.807, 2.05) is 22.7 Å². The number of hydrogen-bond acceptors (Lipinski definition) is 3. The van der Waals surface area contributed by atoms with E-state index < -0.39 is 0 Å². The van der Waals surface area contributed by atoms with Gasteiger partial charge in [-0.25, -0.2) is 0 Å². The average molecular weight is 891 g/mol. The maximum atomic E-state index is 2.51. The zero-order valence-electron chi connectivity index (χ0n) is 37.0. The van der Waals surface area contributed by atoms with Gasteiger partial charge in [-0.2, -0.15) is 0 Å². The summed E-state index contributed by atoms with van der Waals surface area (Å²) in [6.45, 7) is 4.76. The van der Waals surface area contributed by atoms with Gasteiger partial charge in [-0.05, 0) is 148 Å². The van der Waals surface area contributed by atoms with Crippen LogP contribution in [-0.4, -0.2) is 4.57 Å². The van der Waals surface area contributed by atoms with Gasteiger partial charge in [0.15, 0.2) is 0 Å². The lowest BCUT2D eigenvalue weighted by molar-refractivity contribution is 0.660. The van der Waals surface area contributed by atoms with E-state index in [0.29, 0.717) is 0 Å². The molecule has 0 unspecified atom stereocenters. The lowest BCUT2D eigenvalue weighted by Crippen LogP contribution is -2.16. The van der Waals surface area contributed by atoms with Gasteiger partial charge >= 0.3 is 0 Å². The van der Waals surface area contributed by atoms with E-state index in [0.717, 1.165) is 22.7 Å². The number of fused-ring (bicyclic) bond motifs is 12. The van der Waals surface area contributed by atoms with E-state index in [1.54, 1.807) is 0 Å². The molecule has 4 heteroatoms. The molecule has 0 N–H and O–H groups in total. The molecule has 3 heterocycles. The summed E-state index contributed by atoms with van der Waals surface area (Å²) in [5.74, 6) is 0. The molecule has 2 nitrogen and oxygen atoms in total. The molecule has 13 aromatic rings. The van der Waals surface area contributed by atoms with Crippen LogP contribution in [0.5, 0.6) is 0 Å². The Kier molecular flexibility index (Phi) is 8.40. The summed E-state index contributed by atoms with van der Waals surface area (Å²) in [6.07, 6.45) is 0. The van der Waals surface area contributed by atoms with Crippen LogP contribution in [0.1, 0.15) is 25.0 Å². The number of hydrogen-bond donors (Lipinski definition) is 0. The second-order valence-corrected chi connectivity index (χ2v) is 20.7. The summed E-state index contributed by atoms with van der Waals surface area (Å²) in [5, 5.41) is 7.66. The molecule has 0 fully saturated rings. The molecule has 0 saturated heterocycles. The van der Waals surface area contributed by atoms with Gasteiger partial charge in [0.2, 0.25) is 0 Å². The Morgan fingerprint density at radius 1 is 0.343 bits per heavy atom. The SMILES string of the molecule is CC1(C)c2ccccc2-c2ccc(N(c3cc(-c4ccc5sc6ccccc6c5c4)cc(-c4ccc5c(c4)c4ccccc4n5-c4ccccc4)c3)c3ccc4sc5ccccc5c4c3)cc21. The topological polar surface area (TPSA) is 8.17 Å². The molecule has 0 bridgehead atoms. The van der Waals surface area contributed by atoms with Crippen LogP contribution in [-0.2, 0) is 5.41 Å². The lowest BCUT2D eigenvalue weighted by atomic mass is 9.82. The number of rotatable bonds is 6. The molecule has 14 rings (SSSR count). The summed E-state index contributed by atoms with van der Waals surface area (Å²) in [5.41, 5.74) is 16.9. The third kappa shape index (κ3) is 5.93. The Bertz CT molecular complexity index is 4150. The number of nitrogens with zero attached hydrogens (tertiary/aromatic N) is 2. The zero-order chi connectivity index (χ0) is 44.4. The third-order valence-electron chi connectivity index (χ3n) is 14.4. The monoisotopic (exact) mass is 890 g/mol. The van der Waals surface area contributed by atoms with Crippen molar-refractivity contribution in [3.05, 3.63) is 230 Å². The maximum Gasteiger partial charge on any atom is 0.0541 e. The standard InChI is InChI=1S/C63H42N2S2/c1-63(2)55-20-10-6-16-47(55)48-28-26-45(38-56(48)63)64(44-27-31-62-54(37-44)51-19-9-13-23-60(51)67-62)46-33-41(32-42(34-46)40-25-30-61-53(36-40)50-18-8-12-22-59(50)66-61)39-24-29-58-52(35-39)49-17-7-11-21-57(49)65(58)43-14-4-3-5-15-43/h3-38H,1-2H3. The van der Waals surface area contributed by atoms with E-state index in [1.165, 1.54) is 107 Å². The first-order chi connectivity index (χ1) is 32.9. The molecule has 1 aliphatic rings. The van der Waals surface area contributed by atoms with E-state index in [2.05, 4.69) is 242 Å². The second-order valence-electron chi connectivity index (χ2n) is 18.5. The minimum Gasteiger partial charge on any atom is -0.310 e. The quantitative estimate of drug-likeness (QED) is 0.161. The lowest BCUT2D eigenvalue weighted by Gasteiger charge is -2.29. The first kappa shape index (κ1) is 38.5. The predicted octanol–water partition coefficient (Wildman–Crippen LogP) is 18.6. The highest BCUT2D eigenvalue weighted by Gasteiger charge is 2.36. The normalized spacial score (nSPS) is 13.0. The van der Waals surface area contributed by atoms with Gasteiger partial charge in [-0.1, -0.05) is 129 Å². The Balaban J connectivity index is 1.03. The molecule has 0 atom stereocenters. The smallest absolute Gasteiger partial charge is 0.0541 e. The first-order valence-corrected chi connectivity index (χ1v) is 24.7. The number of thiophene rings is 2. The number of aromatic nitrogens is 1. The summed E-state index contributed by atoms with van der Waals surface area (Å²) < 4.78 is 7.63. The maximum absolute atomic E-state index is 2.51. The van der Waals surface area contributed by atoms with Crippen LogP contribution in [0.3, 0.4) is 0 Å². The molecule has 0 spiro atoms. The fourth-order valence-corrected chi connectivity index (χ4v) is 13.3. The van der Waals surface area contributed by atoms with E-state index >= 15 is 0 Å². The van der Waals surface area contributed by atoms with Gasteiger partial charge in [0.25, 0.3) is 0 Å². The van der Waals surface area contributed by atoms with Crippen LogP contribution in [0, 0.1) is 0 Å². The molecule has 3 aromatic heterocycles. The molecular weight excluding hydrogens is 849 g/mol. The van der Waals surface area contributed by atoms with Crippen molar-refractivity contribution in [3.8, 4) is 39.1 Å². The molecule has 0 amide bonds. The summed E-state index contributed by atoms with van der Waals surface area (Å²) >= 11 is 3.74. The average Bonchev–Trinajstić information content (AvgIpc) is 4.10. The van der Waals surface area contributed by atoms with Crippen LogP contribution in [0.4, 0.5) is 17.1 Å². The molecule has 316 valence electrons. The van der Waals surface area contributed by atoms with Gasteiger partial charge in [-0.15, -0.1) is 22.7 Å². The van der Waals surface area contributed by atoms with E-state index in [9.17, 15) is 0 Å². The van der Waals surface area contributed by atoms with Crippen LogP contribution in [0.25, 0.3) is 101 Å². The number of benzene rings is 10. The largest absolute Gasteiger partial charge is 0.310 e. The summed E-state index contributed by atoms with van der Waals surface area (Å²) in [4.78, 5) is 2.51. The van der Waals surface area contributed by atoms with Crippen molar-refractivity contribution in [1.29, 1.82) is 0 Å². The van der Waals surface area contributed by atoms with Crippen LogP contribution in [0.2, 0.25) is 0 Å². The molecule has 0 radical (unpaired) electrons. The number of para-hydroxylation sites is 2. The third-order valence-corrected chi connectivity index (χ3v) is 16.7. The Hall–Kier alpha value is -7.76. The number of anilines is 3. The van der Waals surface area contributed by atoms with E-state index in [4.69, 9.17) is 0 Å². The molecule has 0 aliphatic heterocycles. The van der Waals surface area contributed by atoms with Crippen LogP contribution >= 0.6 is 22.7 Å². The molecular formula is C63H42N2S2. The predicted molar refractivity (Wildman–Crippen MR) is 290 cm³/mol. The van der Waals surface area contributed by atoms with Crippen molar-refractivity contribution in [3.63, 3.8) is 0 Å². The van der Waals surface area contributed by atoms with Crippen molar-refractivity contribution < 1.29 is 0 Å². The van der Waals surface area contributed by atoms with Gasteiger partial charge in [-0.3, -0.25) is 0 Å². The molecule has 10 aromatic carbocycles. The van der Waals surface area contributed by atoms with Gasteiger partial charge in [0.1, 0.15) is 0 Å². The Morgan fingerprint density at radius 3 is 1.64 bits per heavy atom. The molecule has 0 saturated carbocycles. The summed E-state index contributed by atoms with van der Waals surface area (Å²) in [6, 6.07) is 81.7. The molecule has 67 heavy (non-hydrogen) atoms. The highest BCUT2D eigenvalue weighted by atomic mass is 32.1.